The molecule has 0 bridgehead atoms. The third kappa shape index (κ3) is 3.94. The highest BCUT2D eigenvalue weighted by atomic mass is 35.5. The topological polar surface area (TPSA) is 76.1 Å². The van der Waals surface area contributed by atoms with E-state index in [2.05, 4.69) is 0 Å². The lowest BCUT2D eigenvalue weighted by Crippen LogP contribution is -2.29. The second-order valence-corrected chi connectivity index (χ2v) is 8.01. The van der Waals surface area contributed by atoms with Gasteiger partial charge in [-0.1, -0.05) is 53.6 Å². The molecule has 1 saturated heterocycles. The summed E-state index contributed by atoms with van der Waals surface area (Å²) in [6, 6.07) is 18.2. The minimum atomic E-state index is -0.862. The summed E-state index contributed by atoms with van der Waals surface area (Å²) in [5, 5.41) is 11.6. The number of hydrogen-bond donors (Lipinski definition) is 1. The van der Waals surface area contributed by atoms with Crippen LogP contribution in [-0.4, -0.2) is 31.0 Å². The maximum absolute atomic E-state index is 13.3. The van der Waals surface area contributed by atoms with Gasteiger partial charge in [0.2, 0.25) is 0 Å². The van der Waals surface area contributed by atoms with Gasteiger partial charge in [-0.2, -0.15) is 0 Å². The third-order valence-corrected chi connectivity index (χ3v) is 5.87. The first-order valence-electron chi connectivity index (χ1n) is 10.2. The highest BCUT2D eigenvalue weighted by molar-refractivity contribution is 6.52. The van der Waals surface area contributed by atoms with Crippen molar-refractivity contribution in [2.24, 2.45) is 0 Å². The number of nitrogens with zero attached hydrogens (tertiary/aromatic N) is 1. The van der Waals surface area contributed by atoms with Gasteiger partial charge < -0.3 is 14.6 Å². The lowest BCUT2D eigenvalue weighted by Gasteiger charge is -2.26. The van der Waals surface area contributed by atoms with Gasteiger partial charge in [0.25, 0.3) is 11.7 Å². The fraction of sp³-hybridized carbons (Fsp3) is 0.154. The Balaban J connectivity index is 1.98. The first kappa shape index (κ1) is 22.4. The van der Waals surface area contributed by atoms with E-state index in [1.165, 1.54) is 19.1 Å². The Morgan fingerprint density at radius 2 is 1.67 bits per heavy atom. The van der Waals surface area contributed by atoms with E-state index in [-0.39, 0.29) is 11.3 Å². The largest absolute Gasteiger partial charge is 0.507 e. The lowest BCUT2D eigenvalue weighted by molar-refractivity contribution is -0.132. The summed E-state index contributed by atoms with van der Waals surface area (Å²) in [6.45, 7) is 1.92. The fourth-order valence-electron chi connectivity index (χ4n) is 4.04. The van der Waals surface area contributed by atoms with Gasteiger partial charge >= 0.3 is 0 Å². The van der Waals surface area contributed by atoms with Crippen LogP contribution in [0.3, 0.4) is 0 Å². The van der Waals surface area contributed by atoms with Gasteiger partial charge in [0, 0.05) is 5.69 Å². The van der Waals surface area contributed by atoms with Crippen LogP contribution in [0.5, 0.6) is 11.5 Å². The summed E-state index contributed by atoms with van der Waals surface area (Å²) in [6.07, 6.45) is 0. The van der Waals surface area contributed by atoms with E-state index < -0.39 is 17.7 Å². The minimum absolute atomic E-state index is 0.0259. The Kier molecular flexibility index (Phi) is 6.11. The van der Waals surface area contributed by atoms with Crippen LogP contribution in [0.1, 0.15) is 22.7 Å². The Morgan fingerprint density at radius 3 is 2.33 bits per heavy atom. The normalized spacial score (nSPS) is 17.3. The molecule has 3 aromatic rings. The van der Waals surface area contributed by atoms with E-state index >= 15 is 0 Å². The summed E-state index contributed by atoms with van der Waals surface area (Å²) in [7, 11) is 2.97. The second-order valence-electron chi connectivity index (χ2n) is 7.60. The highest BCUT2D eigenvalue weighted by Gasteiger charge is 2.47. The van der Waals surface area contributed by atoms with Crippen molar-refractivity contribution in [3.05, 3.63) is 94.0 Å². The van der Waals surface area contributed by atoms with Crippen LogP contribution in [0.2, 0.25) is 5.02 Å². The van der Waals surface area contributed by atoms with Crippen molar-refractivity contribution >= 4 is 34.7 Å². The second kappa shape index (κ2) is 9.00. The molecular weight excluding hydrogens is 442 g/mol. The average Bonchev–Trinajstić information content (AvgIpc) is 3.09. The van der Waals surface area contributed by atoms with E-state index in [9.17, 15) is 14.7 Å². The summed E-state index contributed by atoms with van der Waals surface area (Å²) in [5.74, 6) is -1.04. The number of aliphatic hydroxyl groups excluding tert-OH is 1. The number of benzene rings is 3. The molecule has 1 heterocycles. The van der Waals surface area contributed by atoms with Crippen molar-refractivity contribution in [1.29, 1.82) is 0 Å². The van der Waals surface area contributed by atoms with Crippen LogP contribution in [0.4, 0.5) is 5.69 Å². The van der Waals surface area contributed by atoms with Crippen molar-refractivity contribution in [1.82, 2.24) is 0 Å². The number of Topliss-reactive ketones (excluding diaryl/α,β-unsaturated/α-hetero) is 1. The monoisotopic (exact) mass is 463 g/mol. The lowest BCUT2D eigenvalue weighted by atomic mass is 9.94. The van der Waals surface area contributed by atoms with Crippen LogP contribution in [0.15, 0.2) is 72.3 Å². The molecule has 1 fully saturated rings. The number of ether oxygens (including phenoxy) is 2. The molecule has 0 radical (unpaired) electrons. The van der Waals surface area contributed by atoms with E-state index in [1.807, 2.05) is 31.2 Å². The molecule has 1 N–H and O–H groups in total. The number of carbonyl (C=O) groups excluding carboxylic acids is 2. The number of aryl methyl sites for hydroxylation is 1. The summed E-state index contributed by atoms with van der Waals surface area (Å²) in [4.78, 5) is 27.9. The zero-order valence-electron chi connectivity index (χ0n) is 18.3. The van der Waals surface area contributed by atoms with Gasteiger partial charge in [-0.25, -0.2) is 0 Å². The van der Waals surface area contributed by atoms with Crippen LogP contribution in [0, 0.1) is 6.92 Å². The number of rotatable bonds is 5. The van der Waals surface area contributed by atoms with Gasteiger partial charge in [-0.3, -0.25) is 14.5 Å². The van der Waals surface area contributed by atoms with E-state index in [0.29, 0.717) is 33.3 Å². The predicted molar refractivity (Wildman–Crippen MR) is 127 cm³/mol. The van der Waals surface area contributed by atoms with Gasteiger partial charge in [0.15, 0.2) is 0 Å². The first-order valence-corrected chi connectivity index (χ1v) is 10.6. The zero-order chi connectivity index (χ0) is 23.7. The molecule has 6 nitrogen and oxygen atoms in total. The molecule has 1 aliphatic rings. The minimum Gasteiger partial charge on any atom is -0.507 e. The van der Waals surface area contributed by atoms with E-state index in [4.69, 9.17) is 21.1 Å². The molecule has 7 heteroatoms. The molecular formula is C26H22ClNO5. The quantitative estimate of drug-likeness (QED) is 0.316. The smallest absolute Gasteiger partial charge is 0.300 e. The number of ketones is 1. The van der Waals surface area contributed by atoms with Crippen LogP contribution in [0.25, 0.3) is 5.76 Å². The van der Waals surface area contributed by atoms with Crippen molar-refractivity contribution in [3.63, 3.8) is 0 Å². The predicted octanol–water partition coefficient (Wildman–Crippen LogP) is 5.29. The number of anilines is 1. The van der Waals surface area contributed by atoms with Crippen LogP contribution < -0.4 is 14.4 Å². The maximum atomic E-state index is 13.3. The van der Waals surface area contributed by atoms with E-state index in [0.717, 1.165) is 5.56 Å². The molecule has 168 valence electrons. The molecule has 0 saturated carbocycles. The maximum Gasteiger partial charge on any atom is 0.300 e. The Bertz CT molecular complexity index is 1280. The molecule has 3 aromatic carbocycles. The Morgan fingerprint density at radius 1 is 0.939 bits per heavy atom. The molecule has 0 aromatic heterocycles. The number of aliphatic hydroxyl groups is 1. The van der Waals surface area contributed by atoms with Gasteiger partial charge in [-0.15, -0.1) is 0 Å². The molecule has 1 aliphatic heterocycles. The molecule has 1 unspecified atom stereocenters. The fourth-order valence-corrected chi connectivity index (χ4v) is 4.30. The van der Waals surface area contributed by atoms with Crippen LogP contribution >= 0.6 is 11.6 Å². The van der Waals surface area contributed by atoms with Gasteiger partial charge in [0.1, 0.15) is 17.3 Å². The Labute approximate surface area is 196 Å². The number of amides is 1. The number of para-hydroxylation sites is 1. The summed E-state index contributed by atoms with van der Waals surface area (Å²) < 4.78 is 10.6. The summed E-state index contributed by atoms with van der Waals surface area (Å²) in [5.41, 5.74) is 2.33. The van der Waals surface area contributed by atoms with Gasteiger partial charge in [-0.05, 0) is 42.8 Å². The average molecular weight is 464 g/mol. The zero-order valence-corrected chi connectivity index (χ0v) is 19.1. The molecule has 0 spiro atoms. The van der Waals surface area contributed by atoms with Crippen molar-refractivity contribution < 1.29 is 24.2 Å². The highest BCUT2D eigenvalue weighted by Crippen LogP contribution is 2.44. The standard InChI is InChI=1S/C26H22ClNO5/c1-15-7-6-8-16(13-15)23-22(24(29)18-9-4-5-10-20(18)32-2)25(30)26(31)28(23)17-11-12-21(33-3)19(27)14-17/h4-14,23,29H,1-3H3/b24-22+. The number of hydrogen-bond acceptors (Lipinski definition) is 5. The first-order chi connectivity index (χ1) is 15.9. The molecule has 33 heavy (non-hydrogen) atoms. The van der Waals surface area contributed by atoms with Gasteiger partial charge in [0.05, 0.1) is 36.4 Å². The van der Waals surface area contributed by atoms with Crippen molar-refractivity contribution in [2.45, 2.75) is 13.0 Å². The number of methoxy groups -OCH3 is 2. The van der Waals surface area contributed by atoms with Crippen molar-refractivity contribution in [3.8, 4) is 11.5 Å². The number of carbonyl (C=O) groups is 2. The number of halogens is 1. The SMILES string of the molecule is COc1ccc(N2C(=O)C(=O)/C(=C(/O)c3ccccc3OC)C2c2cccc(C)c2)cc1Cl. The molecule has 0 aliphatic carbocycles. The molecule has 1 amide bonds. The Hall–Kier alpha value is -3.77. The van der Waals surface area contributed by atoms with Crippen LogP contribution in [-0.2, 0) is 9.59 Å². The van der Waals surface area contributed by atoms with E-state index in [1.54, 1.807) is 42.5 Å². The van der Waals surface area contributed by atoms with Crippen molar-refractivity contribution in [2.75, 3.05) is 19.1 Å². The molecule has 1 atom stereocenters. The summed E-state index contributed by atoms with van der Waals surface area (Å²) >= 11 is 6.32. The molecule has 4 rings (SSSR count). The third-order valence-electron chi connectivity index (χ3n) is 5.58.